The Morgan fingerprint density at radius 1 is 1.13 bits per heavy atom. The van der Waals surface area contributed by atoms with E-state index in [9.17, 15) is 19.2 Å². The van der Waals surface area contributed by atoms with Crippen molar-refractivity contribution in [2.75, 3.05) is 21.3 Å². The van der Waals surface area contributed by atoms with Crippen LogP contribution in [0.2, 0.25) is 0 Å². The number of aromatic amines is 1. The van der Waals surface area contributed by atoms with Crippen LogP contribution in [0.5, 0.6) is 11.5 Å². The van der Waals surface area contributed by atoms with E-state index in [4.69, 9.17) is 18.9 Å². The van der Waals surface area contributed by atoms with Crippen LogP contribution in [-0.2, 0) is 30.3 Å². The Hall–Kier alpha value is -4.54. The van der Waals surface area contributed by atoms with Gasteiger partial charge in [-0.3, -0.25) is 14.5 Å². The number of rotatable bonds is 8. The molecule has 1 fully saturated rings. The quantitative estimate of drug-likeness (QED) is 0.431. The van der Waals surface area contributed by atoms with Gasteiger partial charge in [-0.05, 0) is 30.2 Å². The second-order valence-corrected chi connectivity index (χ2v) is 9.03. The SMILES string of the molecule is COC(=O)[C@@H](Cc1c[nH]c2ccccc12)NC(=O)[C@@H]1CCC(=O)N1[C@H]1OC(=O)c2c1ccc(OC)c2OC. The molecule has 2 aliphatic rings. The van der Waals surface area contributed by atoms with Crippen LogP contribution in [0.1, 0.15) is 40.6 Å². The molecule has 0 spiro atoms. The second kappa shape index (κ2) is 10.1. The lowest BCUT2D eigenvalue weighted by molar-refractivity contribution is -0.149. The summed E-state index contributed by atoms with van der Waals surface area (Å²) in [5, 5.41) is 3.68. The van der Waals surface area contributed by atoms with Crippen molar-refractivity contribution in [2.45, 2.75) is 37.6 Å². The van der Waals surface area contributed by atoms with Gasteiger partial charge in [0.05, 0.1) is 21.3 Å². The normalized spacial score (nSPS) is 19.2. The van der Waals surface area contributed by atoms with Gasteiger partial charge in [0.1, 0.15) is 17.6 Å². The van der Waals surface area contributed by atoms with Crippen molar-refractivity contribution < 1.29 is 38.1 Å². The second-order valence-electron chi connectivity index (χ2n) is 9.03. The molecular formula is C27H27N3O8. The minimum atomic E-state index is -1.12. The number of fused-ring (bicyclic) bond motifs is 2. The predicted molar refractivity (Wildman–Crippen MR) is 134 cm³/mol. The first kappa shape index (κ1) is 25.1. The first-order valence-corrected chi connectivity index (χ1v) is 12.1. The van der Waals surface area contributed by atoms with Gasteiger partial charge in [0.15, 0.2) is 11.5 Å². The average Bonchev–Trinajstić information content (AvgIpc) is 3.62. The lowest BCUT2D eigenvalue weighted by Crippen LogP contribution is -2.52. The van der Waals surface area contributed by atoms with Gasteiger partial charge in [0.25, 0.3) is 0 Å². The molecule has 2 amide bonds. The van der Waals surface area contributed by atoms with Crippen LogP contribution in [0.25, 0.3) is 10.9 Å². The number of nitrogens with zero attached hydrogens (tertiary/aromatic N) is 1. The summed E-state index contributed by atoms with van der Waals surface area (Å²) in [6.45, 7) is 0. The Bertz CT molecular complexity index is 1430. The fraction of sp³-hybridized carbons (Fsp3) is 0.333. The van der Waals surface area contributed by atoms with E-state index in [-0.39, 0.29) is 36.5 Å². The fourth-order valence-corrected chi connectivity index (χ4v) is 5.17. The highest BCUT2D eigenvalue weighted by atomic mass is 16.6. The number of benzene rings is 2. The number of H-pyrrole nitrogens is 1. The summed E-state index contributed by atoms with van der Waals surface area (Å²) in [7, 11) is 4.09. The molecule has 2 aromatic carbocycles. The van der Waals surface area contributed by atoms with Gasteiger partial charge < -0.3 is 29.2 Å². The first-order valence-electron chi connectivity index (χ1n) is 12.1. The maximum atomic E-state index is 13.5. The zero-order chi connectivity index (χ0) is 27.0. The highest BCUT2D eigenvalue weighted by molar-refractivity contribution is 5.99. The lowest BCUT2D eigenvalue weighted by atomic mass is 10.0. The largest absolute Gasteiger partial charge is 0.493 e. The minimum Gasteiger partial charge on any atom is -0.493 e. The summed E-state index contributed by atoms with van der Waals surface area (Å²) >= 11 is 0. The standard InChI is InChI=1S/C27H27N3O8/c1-35-20-10-8-16-22(23(20)36-2)27(34)38-25(16)30-19(9-11-21(30)31)24(32)29-18(26(33)37-3)12-14-13-28-17-7-5-4-6-15(14)17/h4-8,10,13,18-19,25,28H,9,11-12H2,1-3H3,(H,29,32)/t18-,19+,25+/m1/s1. The smallest absolute Gasteiger partial charge is 0.344 e. The van der Waals surface area contributed by atoms with Gasteiger partial charge in [0, 0.05) is 35.5 Å². The van der Waals surface area contributed by atoms with E-state index in [0.717, 1.165) is 16.5 Å². The molecule has 38 heavy (non-hydrogen) atoms. The molecule has 3 atom stereocenters. The van der Waals surface area contributed by atoms with Gasteiger partial charge in [0.2, 0.25) is 18.0 Å². The molecule has 3 aromatic rings. The Balaban J connectivity index is 1.41. The van der Waals surface area contributed by atoms with Crippen LogP contribution in [0.4, 0.5) is 0 Å². The van der Waals surface area contributed by atoms with Gasteiger partial charge in [-0.15, -0.1) is 0 Å². The zero-order valence-electron chi connectivity index (χ0n) is 21.1. The van der Waals surface area contributed by atoms with Gasteiger partial charge >= 0.3 is 11.9 Å². The number of likely N-dealkylation sites (tertiary alicyclic amines) is 1. The summed E-state index contributed by atoms with van der Waals surface area (Å²) in [6.07, 6.45) is 1.13. The van der Waals surface area contributed by atoms with E-state index in [1.54, 1.807) is 18.3 Å². The number of carbonyl (C=O) groups is 4. The number of cyclic esters (lactones) is 1. The molecule has 11 nitrogen and oxygen atoms in total. The Morgan fingerprint density at radius 3 is 2.66 bits per heavy atom. The molecular weight excluding hydrogens is 494 g/mol. The van der Waals surface area contributed by atoms with E-state index >= 15 is 0 Å². The molecule has 3 heterocycles. The topological polar surface area (TPSA) is 136 Å². The molecule has 1 saturated heterocycles. The molecule has 5 rings (SSSR count). The number of para-hydroxylation sites is 1. The van der Waals surface area contributed by atoms with Crippen LogP contribution in [0.15, 0.2) is 42.6 Å². The molecule has 2 N–H and O–H groups in total. The Kier molecular flexibility index (Phi) is 6.66. The number of nitrogens with one attached hydrogen (secondary N) is 2. The Labute approximate surface area is 218 Å². The number of esters is 2. The summed E-state index contributed by atoms with van der Waals surface area (Å²) in [5.74, 6) is -1.67. The summed E-state index contributed by atoms with van der Waals surface area (Å²) < 4.78 is 21.2. The van der Waals surface area contributed by atoms with Crippen LogP contribution in [0, 0.1) is 0 Å². The number of carbonyl (C=O) groups excluding carboxylic acids is 4. The molecule has 2 aliphatic heterocycles. The van der Waals surface area contributed by atoms with Gasteiger partial charge in [-0.1, -0.05) is 18.2 Å². The van der Waals surface area contributed by atoms with Crippen molar-refractivity contribution in [2.24, 2.45) is 0 Å². The predicted octanol–water partition coefficient (Wildman–Crippen LogP) is 2.25. The van der Waals surface area contributed by atoms with E-state index < -0.39 is 36.2 Å². The van der Waals surface area contributed by atoms with Crippen molar-refractivity contribution in [1.82, 2.24) is 15.2 Å². The molecule has 0 unspecified atom stereocenters. The third-order valence-corrected chi connectivity index (χ3v) is 6.98. The van der Waals surface area contributed by atoms with Gasteiger partial charge in [-0.2, -0.15) is 0 Å². The molecule has 0 radical (unpaired) electrons. The molecule has 0 saturated carbocycles. The monoisotopic (exact) mass is 521 g/mol. The average molecular weight is 522 g/mol. The van der Waals surface area contributed by atoms with Crippen molar-refractivity contribution in [1.29, 1.82) is 0 Å². The molecule has 0 bridgehead atoms. The van der Waals surface area contributed by atoms with E-state index in [2.05, 4.69) is 10.3 Å². The summed E-state index contributed by atoms with van der Waals surface area (Å²) in [6, 6.07) is 8.88. The van der Waals surface area contributed by atoms with Gasteiger partial charge in [-0.25, -0.2) is 9.59 Å². The fourth-order valence-electron chi connectivity index (χ4n) is 5.17. The summed E-state index contributed by atoms with van der Waals surface area (Å²) in [5.41, 5.74) is 2.26. The van der Waals surface area contributed by atoms with E-state index in [0.29, 0.717) is 11.3 Å². The maximum Gasteiger partial charge on any atom is 0.344 e. The zero-order valence-corrected chi connectivity index (χ0v) is 21.1. The number of hydrogen-bond donors (Lipinski definition) is 2. The third-order valence-electron chi connectivity index (χ3n) is 6.98. The highest BCUT2D eigenvalue weighted by Gasteiger charge is 2.48. The van der Waals surface area contributed by atoms with Crippen LogP contribution >= 0.6 is 0 Å². The van der Waals surface area contributed by atoms with E-state index in [1.165, 1.54) is 26.2 Å². The van der Waals surface area contributed by atoms with Crippen molar-refractivity contribution in [3.63, 3.8) is 0 Å². The lowest BCUT2D eigenvalue weighted by Gasteiger charge is -2.30. The number of ether oxygens (including phenoxy) is 4. The molecule has 198 valence electrons. The molecule has 0 aliphatic carbocycles. The van der Waals surface area contributed by atoms with Crippen molar-refractivity contribution >= 4 is 34.7 Å². The maximum absolute atomic E-state index is 13.5. The van der Waals surface area contributed by atoms with Crippen LogP contribution < -0.4 is 14.8 Å². The van der Waals surface area contributed by atoms with Crippen molar-refractivity contribution in [3.05, 3.63) is 59.3 Å². The highest BCUT2D eigenvalue weighted by Crippen LogP contribution is 2.45. The minimum absolute atomic E-state index is 0.0834. The first-order chi connectivity index (χ1) is 18.4. The number of aromatic nitrogens is 1. The third kappa shape index (κ3) is 4.19. The van der Waals surface area contributed by atoms with Crippen LogP contribution in [0.3, 0.4) is 0 Å². The Morgan fingerprint density at radius 2 is 1.92 bits per heavy atom. The van der Waals surface area contributed by atoms with Crippen molar-refractivity contribution in [3.8, 4) is 11.5 Å². The molecule has 11 heteroatoms. The number of amides is 2. The summed E-state index contributed by atoms with van der Waals surface area (Å²) in [4.78, 5) is 56.3. The number of hydrogen-bond acceptors (Lipinski definition) is 8. The van der Waals surface area contributed by atoms with E-state index in [1.807, 2.05) is 24.3 Å². The molecule has 1 aromatic heterocycles. The van der Waals surface area contributed by atoms with Crippen LogP contribution in [-0.4, -0.2) is 67.0 Å². The number of methoxy groups -OCH3 is 3.